The maximum Gasteiger partial charge on any atom is 0.295 e. The molecule has 0 aliphatic carbocycles. The first-order valence-corrected chi connectivity index (χ1v) is 12.2. The van der Waals surface area contributed by atoms with Gasteiger partial charge < -0.3 is 5.73 Å². The number of benzene rings is 4. The quantitative estimate of drug-likeness (QED) is 0.163. The van der Waals surface area contributed by atoms with Crippen molar-refractivity contribution in [3.63, 3.8) is 0 Å². The Balaban J connectivity index is 1.63. The second-order valence-electron chi connectivity index (χ2n) is 7.85. The third kappa shape index (κ3) is 4.52. The van der Waals surface area contributed by atoms with E-state index in [1.54, 1.807) is 30.5 Å². The van der Waals surface area contributed by atoms with Gasteiger partial charge in [0.15, 0.2) is 0 Å². The first-order chi connectivity index (χ1) is 16.9. The Labute approximate surface area is 202 Å². The number of anilines is 1. The summed E-state index contributed by atoms with van der Waals surface area (Å²) in [6.07, 6.45) is 1.60. The molecule has 172 valence electrons. The second kappa shape index (κ2) is 9.09. The van der Waals surface area contributed by atoms with Crippen LogP contribution in [0.2, 0.25) is 0 Å². The number of rotatable bonds is 5. The highest BCUT2D eigenvalue weighted by atomic mass is 32.2. The minimum absolute atomic E-state index is 0.129. The number of hydrogen-bond acceptors (Lipinski definition) is 6. The van der Waals surface area contributed by atoms with Crippen molar-refractivity contribution in [2.75, 3.05) is 5.73 Å². The van der Waals surface area contributed by atoms with E-state index >= 15 is 0 Å². The molecule has 8 heteroatoms. The Morgan fingerprint density at radius 3 is 2.00 bits per heavy atom. The molecule has 1 aromatic heterocycles. The van der Waals surface area contributed by atoms with Gasteiger partial charge in [-0.15, -0.1) is 10.2 Å². The summed E-state index contributed by atoms with van der Waals surface area (Å²) in [4.78, 5) is 4.37. The largest absolute Gasteiger partial charge is 0.396 e. The SMILES string of the molecule is Nc1c(/N=N/c2cnc(-c3ccccc3)c(-c3ccccc3)c2)cc(S(=O)(=O)O)c2ccccc12. The van der Waals surface area contributed by atoms with E-state index < -0.39 is 10.1 Å². The fraction of sp³-hybridized carbons (Fsp3) is 0. The number of pyridine rings is 1. The molecule has 35 heavy (non-hydrogen) atoms. The summed E-state index contributed by atoms with van der Waals surface area (Å²) in [5, 5.41) is 9.29. The summed E-state index contributed by atoms with van der Waals surface area (Å²) in [6.45, 7) is 0. The molecule has 0 unspecified atom stereocenters. The minimum atomic E-state index is -4.50. The van der Waals surface area contributed by atoms with Crippen LogP contribution in [0.4, 0.5) is 17.1 Å². The van der Waals surface area contributed by atoms with E-state index in [4.69, 9.17) is 5.73 Å². The lowest BCUT2D eigenvalue weighted by molar-refractivity contribution is 0.484. The third-order valence-corrected chi connectivity index (χ3v) is 6.48. The smallest absolute Gasteiger partial charge is 0.295 e. The Hall–Kier alpha value is -4.40. The number of nitrogen functional groups attached to an aromatic ring is 1. The van der Waals surface area contributed by atoms with Crippen molar-refractivity contribution in [1.29, 1.82) is 0 Å². The summed E-state index contributed by atoms with van der Waals surface area (Å²) < 4.78 is 33.7. The number of aromatic nitrogens is 1. The van der Waals surface area contributed by atoms with Crippen LogP contribution in [0.1, 0.15) is 0 Å². The number of hydrogen-bond donors (Lipinski definition) is 2. The first-order valence-electron chi connectivity index (χ1n) is 10.7. The van der Waals surface area contributed by atoms with Crippen molar-refractivity contribution in [2.24, 2.45) is 10.2 Å². The zero-order valence-electron chi connectivity index (χ0n) is 18.4. The molecule has 3 N–H and O–H groups in total. The van der Waals surface area contributed by atoms with Gasteiger partial charge in [0.05, 0.1) is 17.6 Å². The van der Waals surface area contributed by atoms with E-state index in [-0.39, 0.29) is 16.3 Å². The molecule has 0 saturated carbocycles. The van der Waals surface area contributed by atoms with Crippen molar-refractivity contribution < 1.29 is 13.0 Å². The van der Waals surface area contributed by atoms with Crippen LogP contribution in [-0.4, -0.2) is 18.0 Å². The molecule has 0 atom stereocenters. The number of nitrogens with two attached hydrogens (primary N) is 1. The topological polar surface area (TPSA) is 118 Å². The standard InChI is InChI=1S/C27H20N4O3S/c28-26-22-14-8-7-13-21(22)25(35(32,33)34)16-24(26)31-30-20-15-23(18-9-3-1-4-10-18)27(29-17-20)19-11-5-2-6-12-19/h1-17H,28H2,(H,32,33,34)/b31-30+. The highest BCUT2D eigenvalue weighted by Crippen LogP contribution is 2.38. The van der Waals surface area contributed by atoms with Gasteiger partial charge in [0, 0.05) is 21.9 Å². The molecule has 0 aliphatic rings. The average Bonchev–Trinajstić information content (AvgIpc) is 2.88. The Morgan fingerprint density at radius 1 is 0.743 bits per heavy atom. The highest BCUT2D eigenvalue weighted by molar-refractivity contribution is 7.86. The highest BCUT2D eigenvalue weighted by Gasteiger charge is 2.18. The molecule has 1 heterocycles. The molecule has 5 rings (SSSR count). The fourth-order valence-electron chi connectivity index (χ4n) is 3.93. The minimum Gasteiger partial charge on any atom is -0.396 e. The Kier molecular flexibility index (Phi) is 5.82. The van der Waals surface area contributed by atoms with Crippen LogP contribution in [-0.2, 0) is 10.1 Å². The molecule has 5 aromatic rings. The van der Waals surface area contributed by atoms with Crippen molar-refractivity contribution in [3.8, 4) is 22.4 Å². The van der Waals surface area contributed by atoms with Crippen LogP contribution in [0.3, 0.4) is 0 Å². The molecule has 0 amide bonds. The van der Waals surface area contributed by atoms with E-state index in [0.29, 0.717) is 16.5 Å². The molecule has 0 aliphatic heterocycles. The number of fused-ring (bicyclic) bond motifs is 1. The van der Waals surface area contributed by atoms with Gasteiger partial charge in [0.1, 0.15) is 16.3 Å². The predicted octanol–water partition coefficient (Wildman–Crippen LogP) is 6.81. The van der Waals surface area contributed by atoms with Gasteiger partial charge >= 0.3 is 0 Å². The maximum absolute atomic E-state index is 12.0. The van der Waals surface area contributed by atoms with E-state index in [1.165, 1.54) is 6.07 Å². The average molecular weight is 481 g/mol. The van der Waals surface area contributed by atoms with Gasteiger partial charge in [-0.3, -0.25) is 9.54 Å². The van der Waals surface area contributed by atoms with Gasteiger partial charge in [-0.1, -0.05) is 84.9 Å². The molecule has 0 fully saturated rings. The van der Waals surface area contributed by atoms with Gasteiger partial charge in [-0.25, -0.2) is 0 Å². The van der Waals surface area contributed by atoms with Gasteiger partial charge in [0.2, 0.25) is 0 Å². The summed E-state index contributed by atoms with van der Waals surface area (Å²) >= 11 is 0. The number of nitrogens with zero attached hydrogens (tertiary/aromatic N) is 3. The molecular weight excluding hydrogens is 460 g/mol. The summed E-state index contributed by atoms with van der Waals surface area (Å²) in [5.74, 6) is 0. The van der Waals surface area contributed by atoms with Gasteiger partial charge in [0.25, 0.3) is 10.1 Å². The van der Waals surface area contributed by atoms with E-state index in [2.05, 4.69) is 15.2 Å². The van der Waals surface area contributed by atoms with Crippen LogP contribution in [0.5, 0.6) is 0 Å². The van der Waals surface area contributed by atoms with Crippen LogP contribution in [0, 0.1) is 0 Å². The summed E-state index contributed by atoms with van der Waals surface area (Å²) in [7, 11) is -4.50. The van der Waals surface area contributed by atoms with Crippen LogP contribution in [0.15, 0.2) is 118 Å². The monoisotopic (exact) mass is 480 g/mol. The second-order valence-corrected chi connectivity index (χ2v) is 9.24. The van der Waals surface area contributed by atoms with Crippen molar-refractivity contribution >= 4 is 38.0 Å². The lowest BCUT2D eigenvalue weighted by Crippen LogP contribution is -2.01. The Bertz CT molecular complexity index is 1670. The molecule has 0 radical (unpaired) electrons. The lowest BCUT2D eigenvalue weighted by Gasteiger charge is -2.11. The first kappa shape index (κ1) is 22.4. The van der Waals surface area contributed by atoms with E-state index in [1.807, 2.05) is 66.7 Å². The van der Waals surface area contributed by atoms with E-state index in [9.17, 15) is 13.0 Å². The van der Waals surface area contributed by atoms with E-state index in [0.717, 1.165) is 22.4 Å². The van der Waals surface area contributed by atoms with Crippen molar-refractivity contribution in [3.05, 3.63) is 103 Å². The Morgan fingerprint density at radius 2 is 1.34 bits per heavy atom. The zero-order chi connectivity index (χ0) is 24.4. The summed E-state index contributed by atoms with van der Waals surface area (Å²) in [5.41, 5.74) is 10.7. The molecule has 0 spiro atoms. The van der Waals surface area contributed by atoms with Crippen LogP contribution in [0.25, 0.3) is 33.2 Å². The van der Waals surface area contributed by atoms with Gasteiger partial charge in [-0.05, 0) is 17.7 Å². The molecule has 0 bridgehead atoms. The van der Waals surface area contributed by atoms with Crippen molar-refractivity contribution in [1.82, 2.24) is 4.98 Å². The normalized spacial score (nSPS) is 11.8. The predicted molar refractivity (Wildman–Crippen MR) is 137 cm³/mol. The van der Waals surface area contributed by atoms with Gasteiger partial charge in [-0.2, -0.15) is 8.42 Å². The maximum atomic E-state index is 12.0. The molecule has 7 nitrogen and oxygen atoms in total. The lowest BCUT2D eigenvalue weighted by atomic mass is 9.99. The zero-order valence-corrected chi connectivity index (χ0v) is 19.2. The third-order valence-electron chi connectivity index (χ3n) is 5.58. The number of azo groups is 1. The molecule has 0 saturated heterocycles. The van der Waals surface area contributed by atoms with Crippen LogP contribution < -0.4 is 5.73 Å². The van der Waals surface area contributed by atoms with Crippen LogP contribution >= 0.6 is 0 Å². The molecule has 4 aromatic carbocycles. The molecular formula is C27H20N4O3S. The fourth-order valence-corrected chi connectivity index (χ4v) is 4.65. The summed E-state index contributed by atoms with van der Waals surface area (Å²) in [6, 6.07) is 29.4. The van der Waals surface area contributed by atoms with Crippen molar-refractivity contribution in [2.45, 2.75) is 4.90 Å².